The molecule has 4 rings (SSSR count). The smallest absolute Gasteiger partial charge is 0.255 e. The van der Waals surface area contributed by atoms with Crippen LogP contribution in [0.2, 0.25) is 0 Å². The summed E-state index contributed by atoms with van der Waals surface area (Å²) in [7, 11) is 0. The molecule has 1 aromatic heterocycles. The topological polar surface area (TPSA) is 68.3 Å². The number of Topliss-reactive ketones (excluding diaryl/α,β-unsaturated/α-hetero) is 1. The quantitative estimate of drug-likeness (QED) is 0.148. The number of ether oxygens (including phenoxy) is 1. The van der Waals surface area contributed by atoms with Crippen LogP contribution >= 0.6 is 23.1 Å². The van der Waals surface area contributed by atoms with Gasteiger partial charge in [0.15, 0.2) is 10.1 Å². The van der Waals surface area contributed by atoms with Gasteiger partial charge in [0.1, 0.15) is 11.6 Å². The molecule has 0 atom stereocenters. The summed E-state index contributed by atoms with van der Waals surface area (Å²) in [6.07, 6.45) is 2.06. The Kier molecular flexibility index (Phi) is 7.92. The minimum absolute atomic E-state index is 0.0843. The molecule has 0 radical (unpaired) electrons. The first kappa shape index (κ1) is 23.9. The Labute approximate surface area is 205 Å². The maximum Gasteiger partial charge on any atom is 0.255 e. The number of thiazole rings is 1. The molecule has 0 bridgehead atoms. The van der Waals surface area contributed by atoms with E-state index in [-0.39, 0.29) is 23.3 Å². The molecular weight excluding hydrogens is 471 g/mol. The first-order chi connectivity index (χ1) is 16.5. The highest BCUT2D eigenvalue weighted by molar-refractivity contribution is 8.01. The molecule has 0 unspecified atom stereocenters. The third-order valence-corrected chi connectivity index (χ3v) is 7.16. The lowest BCUT2D eigenvalue weighted by Crippen LogP contribution is -2.11. The van der Waals surface area contributed by atoms with E-state index in [0.717, 1.165) is 33.1 Å². The number of amides is 1. The highest BCUT2D eigenvalue weighted by Gasteiger charge is 2.12. The summed E-state index contributed by atoms with van der Waals surface area (Å²) in [6, 6.07) is 18.1. The molecule has 8 heteroatoms. The van der Waals surface area contributed by atoms with E-state index in [4.69, 9.17) is 4.74 Å². The summed E-state index contributed by atoms with van der Waals surface area (Å²) >= 11 is 2.80. The van der Waals surface area contributed by atoms with E-state index >= 15 is 0 Å². The van der Waals surface area contributed by atoms with Crippen LogP contribution in [0, 0.1) is 5.82 Å². The van der Waals surface area contributed by atoms with Crippen molar-refractivity contribution in [3.05, 3.63) is 83.7 Å². The number of ketones is 1. The number of hydrogen-bond donors (Lipinski definition) is 1. The molecule has 0 saturated carbocycles. The van der Waals surface area contributed by atoms with Crippen LogP contribution in [0.1, 0.15) is 40.5 Å². The number of nitrogens with one attached hydrogen (secondary N) is 1. The van der Waals surface area contributed by atoms with Crippen molar-refractivity contribution in [1.29, 1.82) is 0 Å². The maximum atomic E-state index is 13.0. The van der Waals surface area contributed by atoms with Gasteiger partial charge in [-0.3, -0.25) is 9.59 Å². The molecule has 0 spiro atoms. The number of halogens is 1. The Morgan fingerprint density at radius 1 is 1.03 bits per heavy atom. The molecule has 3 aromatic carbocycles. The molecule has 5 nitrogen and oxygen atoms in total. The SMILES string of the molecule is CCCCOc1ccc(C(=O)Nc2ccc3nc(SCC(=O)c4ccc(F)cc4)sc3c2)cc1. The summed E-state index contributed by atoms with van der Waals surface area (Å²) in [6.45, 7) is 2.77. The van der Waals surface area contributed by atoms with Gasteiger partial charge in [-0.15, -0.1) is 11.3 Å². The van der Waals surface area contributed by atoms with Gasteiger partial charge in [0.25, 0.3) is 5.91 Å². The molecule has 0 fully saturated rings. The number of carbonyl (C=O) groups excluding carboxylic acids is 2. The lowest BCUT2D eigenvalue weighted by atomic mass is 10.1. The zero-order valence-electron chi connectivity index (χ0n) is 18.5. The lowest BCUT2D eigenvalue weighted by molar-refractivity contribution is 0.101. The fourth-order valence-corrected chi connectivity index (χ4v) is 5.13. The highest BCUT2D eigenvalue weighted by atomic mass is 32.2. The molecule has 1 amide bonds. The Balaban J connectivity index is 1.36. The van der Waals surface area contributed by atoms with Crippen LogP contribution in [-0.4, -0.2) is 29.0 Å². The van der Waals surface area contributed by atoms with Gasteiger partial charge in [0, 0.05) is 16.8 Å². The number of nitrogens with zero attached hydrogens (tertiary/aromatic N) is 1. The van der Waals surface area contributed by atoms with E-state index in [0.29, 0.717) is 23.4 Å². The van der Waals surface area contributed by atoms with Crippen molar-refractivity contribution < 1.29 is 18.7 Å². The minimum atomic E-state index is -0.369. The van der Waals surface area contributed by atoms with Crippen molar-refractivity contribution >= 4 is 50.7 Å². The van der Waals surface area contributed by atoms with E-state index in [1.165, 1.54) is 47.4 Å². The number of carbonyl (C=O) groups is 2. The number of anilines is 1. The Morgan fingerprint density at radius 2 is 1.76 bits per heavy atom. The lowest BCUT2D eigenvalue weighted by Gasteiger charge is -2.07. The fraction of sp³-hybridized carbons (Fsp3) is 0.192. The van der Waals surface area contributed by atoms with Crippen molar-refractivity contribution in [3.8, 4) is 5.75 Å². The molecule has 0 aliphatic heterocycles. The van der Waals surface area contributed by atoms with Gasteiger partial charge in [-0.2, -0.15) is 0 Å². The molecule has 174 valence electrons. The van der Waals surface area contributed by atoms with E-state index < -0.39 is 0 Å². The predicted octanol–water partition coefficient (Wildman–Crippen LogP) is 6.84. The monoisotopic (exact) mass is 494 g/mol. The van der Waals surface area contributed by atoms with E-state index in [2.05, 4.69) is 17.2 Å². The van der Waals surface area contributed by atoms with Gasteiger partial charge in [-0.1, -0.05) is 25.1 Å². The van der Waals surface area contributed by atoms with Gasteiger partial charge >= 0.3 is 0 Å². The zero-order chi connectivity index (χ0) is 23.9. The molecule has 0 aliphatic rings. The highest BCUT2D eigenvalue weighted by Crippen LogP contribution is 2.32. The van der Waals surface area contributed by atoms with E-state index in [9.17, 15) is 14.0 Å². The Morgan fingerprint density at radius 3 is 2.50 bits per heavy atom. The zero-order valence-corrected chi connectivity index (χ0v) is 20.2. The summed E-state index contributed by atoms with van der Waals surface area (Å²) in [5.41, 5.74) is 2.49. The van der Waals surface area contributed by atoms with Gasteiger partial charge in [0.2, 0.25) is 0 Å². The summed E-state index contributed by atoms with van der Waals surface area (Å²) in [4.78, 5) is 29.5. The maximum absolute atomic E-state index is 13.0. The van der Waals surface area contributed by atoms with Crippen LogP contribution in [0.5, 0.6) is 5.75 Å². The summed E-state index contributed by atoms with van der Waals surface area (Å²) < 4.78 is 20.3. The van der Waals surface area contributed by atoms with E-state index in [1.54, 1.807) is 30.3 Å². The van der Waals surface area contributed by atoms with E-state index in [1.807, 2.05) is 12.1 Å². The number of unbranched alkanes of at least 4 members (excludes halogenated alkanes) is 1. The van der Waals surface area contributed by atoms with Crippen molar-refractivity contribution in [1.82, 2.24) is 4.98 Å². The molecule has 1 N–H and O–H groups in total. The number of thioether (sulfide) groups is 1. The first-order valence-corrected chi connectivity index (χ1v) is 12.7. The second-order valence-electron chi connectivity index (χ2n) is 7.56. The van der Waals surface area contributed by atoms with Crippen LogP contribution in [0.25, 0.3) is 10.2 Å². The number of benzene rings is 3. The van der Waals surface area contributed by atoms with Gasteiger partial charge in [-0.05, 0) is 73.2 Å². The molecule has 0 saturated heterocycles. The van der Waals surface area contributed by atoms with Crippen molar-refractivity contribution in [3.63, 3.8) is 0 Å². The molecular formula is C26H23FN2O3S2. The first-order valence-electron chi connectivity index (χ1n) is 10.9. The normalized spacial score (nSPS) is 10.9. The molecule has 34 heavy (non-hydrogen) atoms. The van der Waals surface area contributed by atoms with Crippen LogP contribution in [-0.2, 0) is 0 Å². The van der Waals surface area contributed by atoms with Crippen LogP contribution in [0.3, 0.4) is 0 Å². The fourth-order valence-electron chi connectivity index (χ4n) is 3.13. The number of rotatable bonds is 10. The largest absolute Gasteiger partial charge is 0.494 e. The van der Waals surface area contributed by atoms with Crippen molar-refractivity contribution in [2.45, 2.75) is 24.1 Å². The summed E-state index contributed by atoms with van der Waals surface area (Å²) in [5.74, 6) is 0.306. The second-order valence-corrected chi connectivity index (χ2v) is 9.81. The molecule has 0 aliphatic carbocycles. The number of hydrogen-bond acceptors (Lipinski definition) is 6. The Bertz CT molecular complexity index is 1290. The standard InChI is InChI=1S/C26H23FN2O3S2/c1-2-3-14-32-21-11-6-18(7-12-21)25(31)28-20-10-13-22-24(15-20)34-26(29-22)33-16-23(30)17-4-8-19(27)9-5-17/h4-13,15H,2-3,14,16H2,1H3,(H,28,31). The number of aromatic nitrogens is 1. The molecule has 1 heterocycles. The molecule has 4 aromatic rings. The van der Waals surface area contributed by atoms with Gasteiger partial charge < -0.3 is 10.1 Å². The average molecular weight is 495 g/mol. The summed E-state index contributed by atoms with van der Waals surface area (Å²) in [5, 5.41) is 2.92. The second kappa shape index (κ2) is 11.3. The third kappa shape index (κ3) is 6.21. The third-order valence-electron chi connectivity index (χ3n) is 5.00. The van der Waals surface area contributed by atoms with Gasteiger partial charge in [-0.25, -0.2) is 9.37 Å². The van der Waals surface area contributed by atoms with Crippen LogP contribution in [0.4, 0.5) is 10.1 Å². The van der Waals surface area contributed by atoms with Crippen molar-refractivity contribution in [2.24, 2.45) is 0 Å². The van der Waals surface area contributed by atoms with Crippen molar-refractivity contribution in [2.75, 3.05) is 17.7 Å². The average Bonchev–Trinajstić information content (AvgIpc) is 3.26. The van der Waals surface area contributed by atoms with Crippen LogP contribution < -0.4 is 10.1 Å². The number of fused-ring (bicyclic) bond motifs is 1. The van der Waals surface area contributed by atoms with Crippen LogP contribution in [0.15, 0.2) is 71.1 Å². The van der Waals surface area contributed by atoms with Gasteiger partial charge in [0.05, 0.1) is 22.6 Å². The minimum Gasteiger partial charge on any atom is -0.494 e. The Hall–Kier alpha value is -3.23. The predicted molar refractivity (Wildman–Crippen MR) is 136 cm³/mol.